The number of hydrogen-bond donors (Lipinski definition) is 2. The van der Waals surface area contributed by atoms with Crippen molar-refractivity contribution in [2.24, 2.45) is 11.8 Å². The summed E-state index contributed by atoms with van der Waals surface area (Å²) in [4.78, 5) is 21.6. The van der Waals surface area contributed by atoms with Gasteiger partial charge in [-0.2, -0.15) is 0 Å². The van der Waals surface area contributed by atoms with E-state index in [0.717, 1.165) is 36.6 Å². The molecule has 2 fully saturated rings. The van der Waals surface area contributed by atoms with Crippen LogP contribution in [0.4, 0.5) is 18.0 Å². The highest BCUT2D eigenvalue weighted by Crippen LogP contribution is 2.32. The number of benzene rings is 2. The van der Waals surface area contributed by atoms with Crippen molar-refractivity contribution in [3.63, 3.8) is 0 Å². The van der Waals surface area contributed by atoms with Gasteiger partial charge in [-0.15, -0.1) is 0 Å². The van der Waals surface area contributed by atoms with Gasteiger partial charge in [0.2, 0.25) is 0 Å². The summed E-state index contributed by atoms with van der Waals surface area (Å²) in [5.41, 5.74) is 1.24. The monoisotopic (exact) mass is 528 g/mol. The van der Waals surface area contributed by atoms with Crippen molar-refractivity contribution < 1.29 is 27.4 Å². The van der Waals surface area contributed by atoms with Gasteiger partial charge >= 0.3 is 6.09 Å². The van der Waals surface area contributed by atoms with Gasteiger partial charge in [0, 0.05) is 44.0 Å². The molecular weight excluding hydrogens is 497 g/mol. The smallest absolute Gasteiger partial charge is 0.410 e. The van der Waals surface area contributed by atoms with Crippen LogP contribution in [-0.2, 0) is 16.1 Å². The molecule has 0 spiro atoms. The lowest BCUT2D eigenvalue weighted by Crippen LogP contribution is -2.38. The molecule has 2 aromatic carbocycles. The van der Waals surface area contributed by atoms with Crippen LogP contribution in [0.15, 0.2) is 54.7 Å². The van der Waals surface area contributed by atoms with Crippen LogP contribution in [0.2, 0.25) is 0 Å². The van der Waals surface area contributed by atoms with E-state index in [-0.39, 0.29) is 37.2 Å². The molecule has 0 radical (unpaired) electrons. The molecule has 2 aliphatic heterocycles. The van der Waals surface area contributed by atoms with Crippen LogP contribution in [0, 0.1) is 23.5 Å². The number of nitrogens with one attached hydrogen (secondary N) is 2. The maximum absolute atomic E-state index is 15.0. The standard InChI is InChI=1S/C28H31F3N4O3/c29-21-6-7-23(30)22(12-21)25-14-33-27(34-25)26(19-8-10-37-11-9-19)32-13-20-15-35(16-24(20)31)28(36)38-17-18-4-2-1-3-5-18/h1-7,12,14,19-20,24,26,32H,8-11,13,15-17H2,(H,33,34)/t20-,24+,26-/m1/s1. The lowest BCUT2D eigenvalue weighted by atomic mass is 9.90. The van der Waals surface area contributed by atoms with Crippen molar-refractivity contribution in [2.45, 2.75) is 31.7 Å². The molecule has 1 aromatic heterocycles. The normalized spacial score (nSPS) is 21.0. The van der Waals surface area contributed by atoms with Gasteiger partial charge < -0.3 is 24.7 Å². The number of halogens is 3. The van der Waals surface area contributed by atoms with Crippen molar-refractivity contribution in [1.29, 1.82) is 0 Å². The van der Waals surface area contributed by atoms with Crippen LogP contribution in [0.1, 0.15) is 30.3 Å². The molecule has 0 bridgehead atoms. The van der Waals surface area contributed by atoms with Crippen LogP contribution in [0.25, 0.3) is 11.3 Å². The lowest BCUT2D eigenvalue weighted by Gasteiger charge is -2.31. The van der Waals surface area contributed by atoms with Gasteiger partial charge in [-0.25, -0.2) is 22.9 Å². The van der Waals surface area contributed by atoms with Crippen LogP contribution >= 0.6 is 0 Å². The Kier molecular flexibility index (Phi) is 8.29. The Balaban J connectivity index is 1.24. The van der Waals surface area contributed by atoms with Gasteiger partial charge in [-0.05, 0) is 42.5 Å². The number of aromatic nitrogens is 2. The fraction of sp³-hybridized carbons (Fsp3) is 0.429. The first-order valence-corrected chi connectivity index (χ1v) is 12.9. The minimum absolute atomic E-state index is 0.0222. The Bertz CT molecular complexity index is 1220. The summed E-state index contributed by atoms with van der Waals surface area (Å²) in [6.45, 7) is 1.87. The Morgan fingerprint density at radius 3 is 2.74 bits per heavy atom. The largest absolute Gasteiger partial charge is 0.445 e. The molecule has 2 saturated heterocycles. The topological polar surface area (TPSA) is 79.5 Å². The highest BCUT2D eigenvalue weighted by molar-refractivity contribution is 5.68. The van der Waals surface area contributed by atoms with E-state index in [2.05, 4.69) is 15.3 Å². The summed E-state index contributed by atoms with van der Waals surface area (Å²) in [5, 5.41) is 3.45. The summed E-state index contributed by atoms with van der Waals surface area (Å²) in [5.74, 6) is -0.802. The number of carbonyl (C=O) groups excluding carboxylic acids is 1. The third-order valence-corrected chi connectivity index (χ3v) is 7.26. The molecule has 5 rings (SSSR count). The molecule has 0 unspecified atom stereocenters. The summed E-state index contributed by atoms with van der Waals surface area (Å²) in [6, 6.07) is 12.3. The van der Waals surface area contributed by atoms with Crippen molar-refractivity contribution >= 4 is 6.09 Å². The fourth-order valence-corrected chi connectivity index (χ4v) is 5.13. The zero-order valence-electron chi connectivity index (χ0n) is 20.9. The zero-order chi connectivity index (χ0) is 26.5. The number of likely N-dealkylation sites (tertiary alicyclic amines) is 1. The predicted octanol–water partition coefficient (Wildman–Crippen LogP) is 5.02. The Labute approximate surface area is 219 Å². The maximum Gasteiger partial charge on any atom is 0.410 e. The van der Waals surface area contributed by atoms with Crippen molar-refractivity contribution in [2.75, 3.05) is 32.8 Å². The Hall–Kier alpha value is -3.37. The predicted molar refractivity (Wildman–Crippen MR) is 135 cm³/mol. The highest BCUT2D eigenvalue weighted by atomic mass is 19.1. The van der Waals surface area contributed by atoms with Crippen molar-refractivity contribution in [1.82, 2.24) is 20.2 Å². The summed E-state index contributed by atoms with van der Waals surface area (Å²) >= 11 is 0. The summed E-state index contributed by atoms with van der Waals surface area (Å²) in [6.07, 6.45) is 1.38. The van der Waals surface area contributed by atoms with E-state index in [0.29, 0.717) is 31.3 Å². The highest BCUT2D eigenvalue weighted by Gasteiger charge is 2.37. The van der Waals surface area contributed by atoms with Gasteiger partial charge in [0.15, 0.2) is 0 Å². The summed E-state index contributed by atoms with van der Waals surface area (Å²) in [7, 11) is 0. The van der Waals surface area contributed by atoms with Crippen LogP contribution in [0.3, 0.4) is 0 Å². The number of ether oxygens (including phenoxy) is 2. The first kappa shape index (κ1) is 26.2. The fourth-order valence-electron chi connectivity index (χ4n) is 5.13. The minimum atomic E-state index is -1.20. The first-order valence-electron chi connectivity index (χ1n) is 12.9. The van der Waals surface area contributed by atoms with Gasteiger partial charge in [0.25, 0.3) is 0 Å². The maximum atomic E-state index is 15.0. The number of hydrogen-bond acceptors (Lipinski definition) is 5. The molecule has 2 aliphatic rings. The number of nitrogens with zero attached hydrogens (tertiary/aromatic N) is 2. The van der Waals surface area contributed by atoms with E-state index >= 15 is 0 Å². The van der Waals surface area contributed by atoms with Crippen molar-refractivity contribution in [3.05, 3.63) is 77.8 Å². The molecule has 38 heavy (non-hydrogen) atoms. The average molecular weight is 529 g/mol. The van der Waals surface area contributed by atoms with Crippen LogP contribution in [0.5, 0.6) is 0 Å². The molecule has 1 amide bonds. The lowest BCUT2D eigenvalue weighted by molar-refractivity contribution is 0.0515. The number of amides is 1. The Morgan fingerprint density at radius 1 is 1.16 bits per heavy atom. The van der Waals surface area contributed by atoms with E-state index in [1.807, 2.05) is 30.3 Å². The molecular formula is C28H31F3N4O3. The van der Waals surface area contributed by atoms with E-state index in [1.165, 1.54) is 4.90 Å². The molecule has 2 N–H and O–H groups in total. The number of carbonyl (C=O) groups is 1. The summed E-state index contributed by atoms with van der Waals surface area (Å²) < 4.78 is 53.9. The number of H-pyrrole nitrogens is 1. The second kappa shape index (κ2) is 12.0. The van der Waals surface area contributed by atoms with Gasteiger partial charge in [0.05, 0.1) is 18.3 Å². The minimum Gasteiger partial charge on any atom is -0.445 e. The number of alkyl halides is 1. The third-order valence-electron chi connectivity index (χ3n) is 7.26. The van der Waals surface area contributed by atoms with Crippen LogP contribution in [-0.4, -0.2) is 60.0 Å². The SMILES string of the molecule is O=C(OCc1ccccc1)N1C[C@@H](CN[C@@H](c2nc(-c3cc(F)ccc3F)c[nH]2)C2CCOCC2)[C@@H](F)C1. The third kappa shape index (κ3) is 6.19. The van der Waals surface area contributed by atoms with Gasteiger partial charge in [-0.1, -0.05) is 30.3 Å². The van der Waals surface area contributed by atoms with E-state index < -0.39 is 29.8 Å². The molecule has 10 heteroatoms. The average Bonchev–Trinajstić information content (AvgIpc) is 3.57. The van der Waals surface area contributed by atoms with Gasteiger partial charge in [-0.3, -0.25) is 0 Å². The molecule has 202 valence electrons. The van der Waals surface area contributed by atoms with Gasteiger partial charge in [0.1, 0.15) is 30.2 Å². The van der Waals surface area contributed by atoms with E-state index in [1.54, 1.807) is 6.20 Å². The molecule has 3 aromatic rings. The zero-order valence-corrected chi connectivity index (χ0v) is 20.9. The van der Waals surface area contributed by atoms with Crippen molar-refractivity contribution in [3.8, 4) is 11.3 Å². The van der Waals surface area contributed by atoms with E-state index in [4.69, 9.17) is 9.47 Å². The number of rotatable bonds is 8. The molecule has 7 nitrogen and oxygen atoms in total. The molecule has 0 saturated carbocycles. The Morgan fingerprint density at radius 2 is 1.95 bits per heavy atom. The van der Waals surface area contributed by atoms with Crippen LogP contribution < -0.4 is 5.32 Å². The number of imidazole rings is 1. The number of aromatic amines is 1. The quantitative estimate of drug-likeness (QED) is 0.429. The molecule has 3 heterocycles. The molecule has 3 atom stereocenters. The second-order valence-corrected chi connectivity index (χ2v) is 9.85. The van der Waals surface area contributed by atoms with E-state index in [9.17, 15) is 18.0 Å². The molecule has 0 aliphatic carbocycles. The first-order chi connectivity index (χ1) is 18.5. The second-order valence-electron chi connectivity index (χ2n) is 9.85.